The summed E-state index contributed by atoms with van der Waals surface area (Å²) in [5, 5.41) is 12.0. The number of carbonyl (C=O) groups excluding carboxylic acids is 1. The summed E-state index contributed by atoms with van der Waals surface area (Å²) in [5.41, 5.74) is 3.42. The zero-order chi connectivity index (χ0) is 22.8. The molecule has 0 aliphatic carbocycles. The fourth-order valence-corrected chi connectivity index (χ4v) is 4.83. The summed E-state index contributed by atoms with van der Waals surface area (Å²) >= 11 is 1.36. The number of aromatic nitrogens is 3. The molecule has 33 heavy (non-hydrogen) atoms. The van der Waals surface area contributed by atoms with E-state index in [4.69, 9.17) is 4.74 Å². The molecule has 2 aliphatic rings. The van der Waals surface area contributed by atoms with Gasteiger partial charge in [0.05, 0.1) is 30.8 Å². The predicted octanol–water partition coefficient (Wildman–Crippen LogP) is 3.86. The van der Waals surface area contributed by atoms with Crippen molar-refractivity contribution in [1.29, 1.82) is 0 Å². The lowest BCUT2D eigenvalue weighted by molar-refractivity contribution is -0.0220. The number of thiazole rings is 1. The third-order valence-corrected chi connectivity index (χ3v) is 6.81. The number of morpholine rings is 1. The zero-order valence-electron chi connectivity index (χ0n) is 17.9. The second-order valence-corrected chi connectivity index (χ2v) is 8.98. The molecular weight excluding hydrogens is 450 g/mol. The van der Waals surface area contributed by atoms with Crippen molar-refractivity contribution in [3.63, 3.8) is 0 Å². The van der Waals surface area contributed by atoms with Crippen molar-refractivity contribution in [2.45, 2.75) is 18.8 Å². The highest BCUT2D eigenvalue weighted by Gasteiger charge is 2.35. The summed E-state index contributed by atoms with van der Waals surface area (Å²) in [6.45, 7) is 3.27. The van der Waals surface area contributed by atoms with Gasteiger partial charge in [0, 0.05) is 61.8 Å². The van der Waals surface area contributed by atoms with E-state index >= 15 is 0 Å². The minimum atomic E-state index is -2.65. The van der Waals surface area contributed by atoms with Crippen LogP contribution in [0.5, 0.6) is 0 Å². The highest BCUT2D eigenvalue weighted by Crippen LogP contribution is 2.37. The molecule has 1 aromatic carbocycles. The van der Waals surface area contributed by atoms with Crippen molar-refractivity contribution in [2.24, 2.45) is 0 Å². The highest BCUT2D eigenvalue weighted by molar-refractivity contribution is 7.13. The largest absolute Gasteiger partial charge is 0.378 e. The topological polar surface area (TPSA) is 86.4 Å². The number of H-pyrrole nitrogens is 1. The molecule has 2 saturated heterocycles. The summed E-state index contributed by atoms with van der Waals surface area (Å²) in [6.07, 6.45) is 2.95. The van der Waals surface area contributed by atoms with Crippen LogP contribution < -0.4 is 15.1 Å². The lowest BCUT2D eigenvalue weighted by Gasteiger charge is -2.36. The number of carbonyl (C=O) groups is 1. The van der Waals surface area contributed by atoms with Gasteiger partial charge in [0.2, 0.25) is 0 Å². The maximum Gasteiger partial charge on any atom is 0.275 e. The molecule has 0 bridgehead atoms. The lowest BCUT2D eigenvalue weighted by atomic mass is 10.0. The number of ether oxygens (including phenoxy) is 1. The highest BCUT2D eigenvalue weighted by atomic mass is 32.1. The van der Waals surface area contributed by atoms with E-state index in [2.05, 4.69) is 25.4 Å². The van der Waals surface area contributed by atoms with E-state index in [1.54, 1.807) is 17.8 Å². The number of nitrogens with one attached hydrogen (secondary N) is 2. The van der Waals surface area contributed by atoms with Crippen LogP contribution >= 0.6 is 11.3 Å². The first-order chi connectivity index (χ1) is 16.0. The summed E-state index contributed by atoms with van der Waals surface area (Å²) in [6, 6.07) is 5.76. The van der Waals surface area contributed by atoms with Crippen molar-refractivity contribution in [3.05, 3.63) is 41.7 Å². The molecule has 174 valence electrons. The third-order valence-electron chi connectivity index (χ3n) is 5.92. The number of halogens is 2. The van der Waals surface area contributed by atoms with Gasteiger partial charge < -0.3 is 19.9 Å². The molecule has 0 radical (unpaired) electrons. The van der Waals surface area contributed by atoms with Crippen LogP contribution in [0.15, 0.2) is 36.0 Å². The molecule has 2 fully saturated rings. The molecule has 0 atom stereocenters. The van der Waals surface area contributed by atoms with Crippen LogP contribution in [0, 0.1) is 0 Å². The number of hydrogen-bond donors (Lipinski definition) is 2. The average Bonchev–Trinajstić information content (AvgIpc) is 3.52. The first kappa shape index (κ1) is 21.8. The molecule has 0 spiro atoms. The van der Waals surface area contributed by atoms with Crippen LogP contribution in [-0.2, 0) is 4.74 Å². The normalized spacial score (nSPS) is 18.4. The minimum Gasteiger partial charge on any atom is -0.378 e. The van der Waals surface area contributed by atoms with Crippen LogP contribution in [0.25, 0.3) is 10.6 Å². The van der Waals surface area contributed by atoms with Gasteiger partial charge in [0.1, 0.15) is 10.7 Å². The molecule has 5 rings (SSSR count). The molecule has 3 aromatic rings. The van der Waals surface area contributed by atoms with E-state index in [0.29, 0.717) is 29.6 Å². The standard InChI is InChI=1S/C22H24F2N6O2S/c23-22(24)3-5-30(6-4-22)19-11-16(29-7-9-32-10-8-29)1-2-17(19)27-20(31)18-14-33-21(28-18)15-12-25-26-13-15/h1-2,11-14H,3-10H2,(H,25,26)(H,27,31). The second-order valence-electron chi connectivity index (χ2n) is 8.12. The molecule has 2 N–H and O–H groups in total. The quantitative estimate of drug-likeness (QED) is 0.584. The summed E-state index contributed by atoms with van der Waals surface area (Å²) in [4.78, 5) is 21.5. The molecule has 8 nitrogen and oxygen atoms in total. The monoisotopic (exact) mass is 474 g/mol. The van der Waals surface area contributed by atoms with Crippen LogP contribution in [0.4, 0.5) is 25.8 Å². The molecular formula is C22H24F2N6O2S. The predicted molar refractivity (Wildman–Crippen MR) is 124 cm³/mol. The Bertz CT molecular complexity index is 1100. The Labute approximate surface area is 193 Å². The van der Waals surface area contributed by atoms with Gasteiger partial charge in [0.25, 0.3) is 11.8 Å². The lowest BCUT2D eigenvalue weighted by Crippen LogP contribution is -2.40. The van der Waals surface area contributed by atoms with Crippen molar-refractivity contribution < 1.29 is 18.3 Å². The van der Waals surface area contributed by atoms with Gasteiger partial charge >= 0.3 is 0 Å². The molecule has 2 aliphatic heterocycles. The number of benzene rings is 1. The maximum absolute atomic E-state index is 13.8. The number of piperidine rings is 1. The summed E-state index contributed by atoms with van der Waals surface area (Å²) in [5.74, 6) is -2.99. The summed E-state index contributed by atoms with van der Waals surface area (Å²) < 4.78 is 33.0. The number of nitrogens with zero attached hydrogens (tertiary/aromatic N) is 4. The van der Waals surface area contributed by atoms with Crippen LogP contribution in [0.2, 0.25) is 0 Å². The molecule has 0 saturated carbocycles. The number of anilines is 3. The van der Waals surface area contributed by atoms with Crippen molar-refractivity contribution in [1.82, 2.24) is 15.2 Å². The Balaban J connectivity index is 1.40. The number of aromatic amines is 1. The van der Waals surface area contributed by atoms with E-state index in [0.717, 1.165) is 30.0 Å². The SMILES string of the molecule is O=C(Nc1ccc(N2CCOCC2)cc1N1CCC(F)(F)CC1)c1csc(-c2cn[nH]c2)n1. The Morgan fingerprint density at radius 3 is 2.67 bits per heavy atom. The van der Waals surface area contributed by atoms with Gasteiger partial charge in [-0.15, -0.1) is 11.3 Å². The van der Waals surface area contributed by atoms with Gasteiger partial charge in [-0.1, -0.05) is 0 Å². The Morgan fingerprint density at radius 2 is 1.94 bits per heavy atom. The van der Waals surface area contributed by atoms with Crippen molar-refractivity contribution >= 4 is 34.3 Å². The van der Waals surface area contributed by atoms with E-state index < -0.39 is 5.92 Å². The van der Waals surface area contributed by atoms with Crippen molar-refractivity contribution in [2.75, 3.05) is 54.5 Å². The average molecular weight is 475 g/mol. The van der Waals surface area contributed by atoms with Gasteiger partial charge in [-0.2, -0.15) is 5.10 Å². The smallest absolute Gasteiger partial charge is 0.275 e. The molecule has 4 heterocycles. The van der Waals surface area contributed by atoms with Gasteiger partial charge in [-0.3, -0.25) is 9.89 Å². The fourth-order valence-electron chi connectivity index (χ4n) is 4.05. The van der Waals surface area contributed by atoms with Crippen LogP contribution in [-0.4, -0.2) is 66.4 Å². The Morgan fingerprint density at radius 1 is 1.15 bits per heavy atom. The van der Waals surface area contributed by atoms with E-state index in [1.807, 2.05) is 23.1 Å². The maximum atomic E-state index is 13.8. The second kappa shape index (κ2) is 9.06. The minimum absolute atomic E-state index is 0.206. The zero-order valence-corrected chi connectivity index (χ0v) is 18.7. The molecule has 11 heteroatoms. The van der Waals surface area contributed by atoms with Gasteiger partial charge in [0.15, 0.2) is 0 Å². The Hall–Kier alpha value is -3.05. The first-order valence-electron chi connectivity index (χ1n) is 10.8. The number of rotatable bonds is 5. The first-order valence-corrected chi connectivity index (χ1v) is 11.7. The van der Waals surface area contributed by atoms with Crippen LogP contribution in [0.3, 0.4) is 0 Å². The van der Waals surface area contributed by atoms with E-state index in [-0.39, 0.29) is 31.8 Å². The van der Waals surface area contributed by atoms with Gasteiger partial charge in [-0.05, 0) is 18.2 Å². The molecule has 1 amide bonds. The van der Waals surface area contributed by atoms with E-state index in [9.17, 15) is 13.6 Å². The van der Waals surface area contributed by atoms with Crippen LogP contribution in [0.1, 0.15) is 23.3 Å². The number of alkyl halides is 2. The number of hydrogen-bond acceptors (Lipinski definition) is 7. The molecule has 0 unspecified atom stereocenters. The fraction of sp³-hybridized carbons (Fsp3) is 0.409. The van der Waals surface area contributed by atoms with Gasteiger partial charge in [-0.25, -0.2) is 13.8 Å². The van der Waals surface area contributed by atoms with Crippen molar-refractivity contribution in [3.8, 4) is 10.6 Å². The summed E-state index contributed by atoms with van der Waals surface area (Å²) in [7, 11) is 0. The Kier molecular flexibility index (Phi) is 5.98. The third kappa shape index (κ3) is 4.83. The molecule has 2 aromatic heterocycles. The van der Waals surface area contributed by atoms with E-state index in [1.165, 1.54) is 11.3 Å². The number of amides is 1.